The molecule has 1 heterocycles. The summed E-state index contributed by atoms with van der Waals surface area (Å²) in [6.07, 6.45) is 0. The Morgan fingerprint density at radius 2 is 1.64 bits per heavy atom. The first-order valence-electron chi connectivity index (χ1n) is 9.36. The molecule has 3 rings (SSSR count). The molecule has 2 aromatic rings. The number of hydrogen-bond donors (Lipinski definition) is 1. The van der Waals surface area contributed by atoms with Gasteiger partial charge in [0.05, 0.1) is 18.4 Å². The molecule has 0 unspecified atom stereocenters. The fourth-order valence-electron chi connectivity index (χ4n) is 3.35. The number of aryl methyl sites for hydroxylation is 3. The van der Waals surface area contributed by atoms with Crippen LogP contribution in [0.5, 0.6) is 5.75 Å². The summed E-state index contributed by atoms with van der Waals surface area (Å²) in [7, 11) is 1.58. The first-order valence-corrected chi connectivity index (χ1v) is 9.36. The molecule has 0 aliphatic carbocycles. The maximum absolute atomic E-state index is 13.2. The smallest absolute Gasteiger partial charge is 0.278 e. The van der Waals surface area contributed by atoms with Gasteiger partial charge in [0.25, 0.3) is 11.8 Å². The van der Waals surface area contributed by atoms with Gasteiger partial charge in [-0.3, -0.25) is 14.5 Å². The van der Waals surface area contributed by atoms with Gasteiger partial charge in [0, 0.05) is 6.04 Å². The van der Waals surface area contributed by atoms with Crippen LogP contribution < -0.4 is 10.1 Å². The van der Waals surface area contributed by atoms with E-state index in [1.807, 2.05) is 71.0 Å². The Morgan fingerprint density at radius 1 is 0.929 bits per heavy atom. The van der Waals surface area contributed by atoms with Crippen molar-refractivity contribution in [1.29, 1.82) is 0 Å². The number of carbonyl (C=O) groups excluding carboxylic acids is 2. The lowest BCUT2D eigenvalue weighted by molar-refractivity contribution is -0.138. The number of imide groups is 1. The van der Waals surface area contributed by atoms with Crippen LogP contribution in [0.3, 0.4) is 0 Å². The number of carbonyl (C=O) groups is 2. The molecule has 5 heteroatoms. The topological polar surface area (TPSA) is 58.6 Å². The van der Waals surface area contributed by atoms with E-state index in [-0.39, 0.29) is 23.6 Å². The summed E-state index contributed by atoms with van der Waals surface area (Å²) in [5.74, 6) is 0.00921. The van der Waals surface area contributed by atoms with Gasteiger partial charge in [-0.05, 0) is 69.0 Å². The van der Waals surface area contributed by atoms with Crippen LogP contribution in [0.15, 0.2) is 42.1 Å². The molecule has 0 saturated carbocycles. The quantitative estimate of drug-likeness (QED) is 0.792. The molecule has 0 radical (unpaired) electrons. The number of nitrogens with zero attached hydrogens (tertiary/aromatic N) is 1. The van der Waals surface area contributed by atoms with Crippen molar-refractivity contribution in [3.63, 3.8) is 0 Å². The largest absolute Gasteiger partial charge is 0.495 e. The van der Waals surface area contributed by atoms with E-state index in [1.165, 1.54) is 4.90 Å². The fourth-order valence-corrected chi connectivity index (χ4v) is 3.35. The van der Waals surface area contributed by atoms with Crippen LogP contribution in [0.25, 0.3) is 5.57 Å². The van der Waals surface area contributed by atoms with Gasteiger partial charge in [-0.25, -0.2) is 0 Å². The summed E-state index contributed by atoms with van der Waals surface area (Å²) >= 11 is 0. The second kappa shape index (κ2) is 7.50. The Morgan fingerprint density at radius 3 is 2.25 bits per heavy atom. The van der Waals surface area contributed by atoms with Crippen molar-refractivity contribution in [3.8, 4) is 5.75 Å². The first kappa shape index (κ1) is 19.7. The van der Waals surface area contributed by atoms with Crippen LogP contribution in [0, 0.1) is 20.8 Å². The predicted molar refractivity (Wildman–Crippen MR) is 111 cm³/mol. The lowest BCUT2D eigenvalue weighted by atomic mass is 9.99. The minimum atomic E-state index is -0.322. The van der Waals surface area contributed by atoms with E-state index in [9.17, 15) is 9.59 Å². The summed E-state index contributed by atoms with van der Waals surface area (Å²) in [6, 6.07) is 11.3. The summed E-state index contributed by atoms with van der Waals surface area (Å²) in [5, 5.41) is 3.19. The van der Waals surface area contributed by atoms with Gasteiger partial charge in [-0.15, -0.1) is 0 Å². The highest BCUT2D eigenvalue weighted by molar-refractivity contribution is 6.36. The Bertz CT molecular complexity index is 989. The number of hydrogen-bond acceptors (Lipinski definition) is 4. The zero-order valence-corrected chi connectivity index (χ0v) is 17.2. The Balaban J connectivity index is 2.17. The van der Waals surface area contributed by atoms with E-state index in [0.717, 1.165) is 22.3 Å². The Kier molecular flexibility index (Phi) is 5.27. The van der Waals surface area contributed by atoms with E-state index in [1.54, 1.807) is 7.11 Å². The lowest BCUT2D eigenvalue weighted by Crippen LogP contribution is -2.38. The molecule has 2 aromatic carbocycles. The highest BCUT2D eigenvalue weighted by Gasteiger charge is 2.40. The zero-order chi connectivity index (χ0) is 20.6. The van der Waals surface area contributed by atoms with Crippen molar-refractivity contribution in [3.05, 3.63) is 64.3 Å². The van der Waals surface area contributed by atoms with E-state index in [4.69, 9.17) is 4.74 Å². The molecule has 0 bridgehead atoms. The van der Waals surface area contributed by atoms with Crippen molar-refractivity contribution in [2.45, 2.75) is 40.7 Å². The SMILES string of the molecule is COc1ccc(C)cc1NC1=C(c2ccc(C)c(C)c2)C(=O)N(C(C)C)C1=O. The van der Waals surface area contributed by atoms with Crippen LogP contribution in [0.4, 0.5) is 5.69 Å². The van der Waals surface area contributed by atoms with Crippen LogP contribution in [0.1, 0.15) is 36.1 Å². The average molecular weight is 378 g/mol. The summed E-state index contributed by atoms with van der Waals surface area (Å²) in [4.78, 5) is 27.6. The van der Waals surface area contributed by atoms with Gasteiger partial charge in [0.15, 0.2) is 0 Å². The molecule has 28 heavy (non-hydrogen) atoms. The summed E-state index contributed by atoms with van der Waals surface area (Å²) in [6.45, 7) is 9.66. The van der Waals surface area contributed by atoms with Crippen molar-refractivity contribution in [2.75, 3.05) is 12.4 Å². The van der Waals surface area contributed by atoms with Gasteiger partial charge < -0.3 is 10.1 Å². The number of ether oxygens (including phenoxy) is 1. The monoisotopic (exact) mass is 378 g/mol. The van der Waals surface area contributed by atoms with Crippen LogP contribution >= 0.6 is 0 Å². The summed E-state index contributed by atoms with van der Waals surface area (Å²) in [5.41, 5.74) is 5.30. The third-order valence-corrected chi connectivity index (χ3v) is 5.04. The molecule has 0 fully saturated rings. The van der Waals surface area contributed by atoms with Crippen LogP contribution in [-0.4, -0.2) is 29.9 Å². The minimum Gasteiger partial charge on any atom is -0.495 e. The molecule has 0 spiro atoms. The van der Waals surface area contributed by atoms with Gasteiger partial charge >= 0.3 is 0 Å². The second-order valence-corrected chi connectivity index (χ2v) is 7.45. The van der Waals surface area contributed by atoms with Crippen molar-refractivity contribution < 1.29 is 14.3 Å². The highest BCUT2D eigenvalue weighted by Crippen LogP contribution is 2.35. The summed E-state index contributed by atoms with van der Waals surface area (Å²) < 4.78 is 5.43. The second-order valence-electron chi connectivity index (χ2n) is 7.45. The van der Waals surface area contributed by atoms with Crippen LogP contribution in [0.2, 0.25) is 0 Å². The van der Waals surface area contributed by atoms with Crippen molar-refractivity contribution >= 4 is 23.1 Å². The molecule has 1 N–H and O–H groups in total. The van der Waals surface area contributed by atoms with E-state index in [0.29, 0.717) is 17.0 Å². The molecule has 146 valence electrons. The lowest BCUT2D eigenvalue weighted by Gasteiger charge is -2.19. The highest BCUT2D eigenvalue weighted by atomic mass is 16.5. The van der Waals surface area contributed by atoms with E-state index in [2.05, 4.69) is 5.32 Å². The number of anilines is 1. The van der Waals surface area contributed by atoms with Crippen molar-refractivity contribution in [1.82, 2.24) is 4.90 Å². The third-order valence-electron chi connectivity index (χ3n) is 5.04. The van der Waals surface area contributed by atoms with E-state index < -0.39 is 0 Å². The van der Waals surface area contributed by atoms with Gasteiger partial charge in [0.1, 0.15) is 11.4 Å². The maximum Gasteiger partial charge on any atom is 0.278 e. The van der Waals surface area contributed by atoms with Crippen molar-refractivity contribution in [2.24, 2.45) is 0 Å². The molecule has 0 aromatic heterocycles. The third kappa shape index (κ3) is 3.40. The number of benzene rings is 2. The van der Waals surface area contributed by atoms with Crippen LogP contribution in [-0.2, 0) is 9.59 Å². The van der Waals surface area contributed by atoms with E-state index >= 15 is 0 Å². The zero-order valence-electron chi connectivity index (χ0n) is 17.2. The predicted octanol–water partition coefficient (Wildman–Crippen LogP) is 4.22. The standard InChI is InChI=1S/C23H26N2O3/c1-13(2)25-22(26)20(17-9-8-15(4)16(5)12-17)21(23(25)27)24-18-11-14(3)7-10-19(18)28-6/h7-13,24H,1-6H3. The number of methoxy groups -OCH3 is 1. The minimum absolute atomic E-state index is 0.236. The Hall–Kier alpha value is -3.08. The van der Waals surface area contributed by atoms with Gasteiger partial charge in [-0.1, -0.05) is 24.3 Å². The van der Waals surface area contributed by atoms with Gasteiger partial charge in [-0.2, -0.15) is 0 Å². The fraction of sp³-hybridized carbons (Fsp3) is 0.304. The molecule has 5 nitrogen and oxygen atoms in total. The maximum atomic E-state index is 13.2. The molecule has 2 amide bonds. The number of nitrogens with one attached hydrogen (secondary N) is 1. The first-order chi connectivity index (χ1) is 13.2. The molecule has 1 aliphatic rings. The number of rotatable bonds is 5. The Labute approximate surface area is 166 Å². The molecule has 0 saturated heterocycles. The average Bonchev–Trinajstić information content (AvgIpc) is 2.88. The number of amides is 2. The molecular weight excluding hydrogens is 352 g/mol. The molecule has 0 atom stereocenters. The molecular formula is C23H26N2O3. The van der Waals surface area contributed by atoms with Gasteiger partial charge in [0.2, 0.25) is 0 Å². The molecule has 1 aliphatic heterocycles. The normalized spacial score (nSPS) is 14.3.